The van der Waals surface area contributed by atoms with Crippen LogP contribution in [-0.4, -0.2) is 34.0 Å². The lowest BCUT2D eigenvalue weighted by Gasteiger charge is -2.18. The summed E-state index contributed by atoms with van der Waals surface area (Å²) in [7, 11) is 0. The largest absolute Gasteiger partial charge is 0.506 e. The lowest BCUT2D eigenvalue weighted by Crippen LogP contribution is -2.30. The smallest absolute Gasteiger partial charge is 0.338 e. The molecule has 17 heavy (non-hydrogen) atoms. The van der Waals surface area contributed by atoms with Gasteiger partial charge in [0.15, 0.2) is 6.10 Å². The Bertz CT molecular complexity index is 407. The normalized spacial score (nSPS) is 14.1. The lowest BCUT2D eigenvalue weighted by atomic mass is 10.0. The molecule has 0 heterocycles. The first kappa shape index (κ1) is 13.8. The Hall–Kier alpha value is -1.30. The van der Waals surface area contributed by atoms with E-state index in [-0.39, 0.29) is 22.9 Å². The molecular weight excluding hydrogens is 248 g/mol. The molecule has 0 bridgehead atoms. The van der Waals surface area contributed by atoms with Crippen LogP contribution >= 0.6 is 11.6 Å². The molecule has 2 unspecified atom stereocenters. The molecule has 0 saturated heterocycles. The molecule has 94 valence electrons. The van der Waals surface area contributed by atoms with Gasteiger partial charge in [0.1, 0.15) is 11.9 Å². The number of carbonyl (C=O) groups is 1. The van der Waals surface area contributed by atoms with Crippen LogP contribution in [0.25, 0.3) is 0 Å². The van der Waals surface area contributed by atoms with Gasteiger partial charge in [0.2, 0.25) is 0 Å². The van der Waals surface area contributed by atoms with Crippen molar-refractivity contribution in [3.8, 4) is 5.75 Å². The van der Waals surface area contributed by atoms with Gasteiger partial charge in [-0.2, -0.15) is 0 Å². The number of carbonyl (C=O) groups excluding carboxylic acids is 1. The van der Waals surface area contributed by atoms with Crippen LogP contribution in [-0.2, 0) is 9.53 Å². The Morgan fingerprint density at radius 1 is 1.47 bits per heavy atom. The van der Waals surface area contributed by atoms with Crippen molar-refractivity contribution in [2.45, 2.75) is 19.1 Å². The molecule has 0 saturated carbocycles. The van der Waals surface area contributed by atoms with Gasteiger partial charge in [-0.25, -0.2) is 4.79 Å². The van der Waals surface area contributed by atoms with Gasteiger partial charge in [-0.15, -0.1) is 0 Å². The number of rotatable bonds is 4. The van der Waals surface area contributed by atoms with Crippen molar-refractivity contribution < 1.29 is 24.9 Å². The Kier molecular flexibility index (Phi) is 4.74. The number of aromatic hydroxyl groups is 1. The zero-order valence-corrected chi connectivity index (χ0v) is 9.89. The monoisotopic (exact) mass is 260 g/mol. The van der Waals surface area contributed by atoms with E-state index in [0.717, 1.165) is 0 Å². The van der Waals surface area contributed by atoms with Crippen molar-refractivity contribution >= 4 is 17.6 Å². The van der Waals surface area contributed by atoms with E-state index in [1.54, 1.807) is 6.92 Å². The molecule has 0 aliphatic rings. The second kappa shape index (κ2) is 5.86. The minimum atomic E-state index is -1.74. The van der Waals surface area contributed by atoms with Gasteiger partial charge in [-0.1, -0.05) is 23.7 Å². The molecule has 0 spiro atoms. The highest BCUT2D eigenvalue weighted by Gasteiger charge is 2.29. The number of halogens is 1. The van der Waals surface area contributed by atoms with Crippen molar-refractivity contribution in [2.75, 3.05) is 6.61 Å². The Balaban J connectivity index is 2.92. The van der Waals surface area contributed by atoms with Crippen molar-refractivity contribution in [1.82, 2.24) is 0 Å². The Labute approximate surface area is 103 Å². The number of ether oxygens (including phenoxy) is 1. The highest BCUT2D eigenvalue weighted by Crippen LogP contribution is 2.32. The van der Waals surface area contributed by atoms with Crippen molar-refractivity contribution in [2.24, 2.45) is 0 Å². The van der Waals surface area contributed by atoms with Gasteiger partial charge >= 0.3 is 5.97 Å². The maximum atomic E-state index is 11.2. The number of benzene rings is 1. The second-order valence-corrected chi connectivity index (χ2v) is 3.70. The third-order valence-electron chi connectivity index (χ3n) is 2.15. The number of aliphatic hydroxyl groups is 2. The number of phenolic OH excluding ortho intramolecular Hbond substituents is 1. The topological polar surface area (TPSA) is 87.0 Å². The standard InChI is InChI=1S/C11H13ClO5/c1-2-17-11(16)10(15)9(14)6-4-3-5-7(13)8(6)12/h3-5,9-10,13-15H,2H2,1H3. The van der Waals surface area contributed by atoms with E-state index in [9.17, 15) is 20.1 Å². The zero-order chi connectivity index (χ0) is 13.0. The first-order valence-electron chi connectivity index (χ1n) is 4.99. The average Bonchev–Trinajstić information content (AvgIpc) is 2.31. The summed E-state index contributed by atoms with van der Waals surface area (Å²) in [4.78, 5) is 11.2. The van der Waals surface area contributed by atoms with Crippen molar-refractivity contribution in [3.05, 3.63) is 28.8 Å². The predicted octanol–water partition coefficient (Wildman–Crippen LogP) is 1.00. The number of hydrogen-bond acceptors (Lipinski definition) is 5. The molecule has 0 aromatic heterocycles. The fraction of sp³-hybridized carbons (Fsp3) is 0.364. The van der Waals surface area contributed by atoms with Crippen LogP contribution in [0.4, 0.5) is 0 Å². The van der Waals surface area contributed by atoms with Gasteiger partial charge < -0.3 is 20.1 Å². The van der Waals surface area contributed by atoms with Crippen LogP contribution in [0.5, 0.6) is 5.75 Å². The Morgan fingerprint density at radius 2 is 2.12 bits per heavy atom. The zero-order valence-electron chi connectivity index (χ0n) is 9.13. The number of phenols is 1. The van der Waals surface area contributed by atoms with E-state index in [1.165, 1.54) is 18.2 Å². The molecule has 1 aromatic carbocycles. The molecule has 0 aliphatic carbocycles. The fourth-order valence-corrected chi connectivity index (χ4v) is 1.53. The first-order chi connectivity index (χ1) is 7.99. The van der Waals surface area contributed by atoms with E-state index >= 15 is 0 Å². The molecule has 0 radical (unpaired) electrons. The van der Waals surface area contributed by atoms with Gasteiger partial charge in [0.05, 0.1) is 11.6 Å². The van der Waals surface area contributed by atoms with Gasteiger partial charge in [-0.05, 0) is 13.0 Å². The first-order valence-corrected chi connectivity index (χ1v) is 5.37. The molecule has 6 heteroatoms. The molecular formula is C11H13ClO5. The van der Waals surface area contributed by atoms with Crippen molar-refractivity contribution in [1.29, 1.82) is 0 Å². The van der Waals surface area contributed by atoms with E-state index in [1.807, 2.05) is 0 Å². The Morgan fingerprint density at radius 3 is 2.71 bits per heavy atom. The van der Waals surface area contributed by atoms with Crippen LogP contribution in [0.1, 0.15) is 18.6 Å². The summed E-state index contributed by atoms with van der Waals surface area (Å²) in [5.74, 6) is -1.18. The maximum absolute atomic E-state index is 11.2. The van der Waals surface area contributed by atoms with E-state index in [4.69, 9.17) is 11.6 Å². The highest BCUT2D eigenvalue weighted by atomic mass is 35.5. The molecule has 2 atom stereocenters. The number of esters is 1. The summed E-state index contributed by atoms with van der Waals surface area (Å²) in [6.45, 7) is 1.68. The van der Waals surface area contributed by atoms with E-state index in [2.05, 4.69) is 4.74 Å². The highest BCUT2D eigenvalue weighted by molar-refractivity contribution is 6.32. The molecule has 1 aromatic rings. The van der Waals surface area contributed by atoms with E-state index in [0.29, 0.717) is 0 Å². The van der Waals surface area contributed by atoms with Crippen LogP contribution in [0.15, 0.2) is 18.2 Å². The number of hydrogen-bond donors (Lipinski definition) is 3. The summed E-state index contributed by atoms with van der Waals surface area (Å²) in [6.07, 6.45) is -3.29. The minimum Gasteiger partial charge on any atom is -0.506 e. The maximum Gasteiger partial charge on any atom is 0.338 e. The average molecular weight is 261 g/mol. The second-order valence-electron chi connectivity index (χ2n) is 3.32. The molecule has 1 rings (SSSR count). The van der Waals surface area contributed by atoms with Crippen LogP contribution in [0.2, 0.25) is 5.02 Å². The lowest BCUT2D eigenvalue weighted by molar-refractivity contribution is -0.159. The van der Waals surface area contributed by atoms with Crippen LogP contribution in [0.3, 0.4) is 0 Å². The molecule has 0 aliphatic heterocycles. The molecule has 0 fully saturated rings. The quantitative estimate of drug-likeness (QED) is 0.703. The van der Waals surface area contributed by atoms with E-state index < -0.39 is 18.2 Å². The van der Waals surface area contributed by atoms with Crippen LogP contribution in [0, 0.1) is 0 Å². The SMILES string of the molecule is CCOC(=O)C(O)C(O)c1cccc(O)c1Cl. The molecule has 5 nitrogen and oxygen atoms in total. The summed E-state index contributed by atoms with van der Waals surface area (Å²) in [5, 5.41) is 28.5. The van der Waals surface area contributed by atoms with Gasteiger partial charge in [0, 0.05) is 5.56 Å². The summed E-state index contributed by atoms with van der Waals surface area (Å²) in [5.41, 5.74) is 0.0622. The molecule has 3 N–H and O–H groups in total. The predicted molar refractivity (Wildman–Crippen MR) is 60.7 cm³/mol. The molecule has 0 amide bonds. The summed E-state index contributed by atoms with van der Waals surface area (Å²) in [6, 6.07) is 4.17. The fourth-order valence-electron chi connectivity index (χ4n) is 1.29. The summed E-state index contributed by atoms with van der Waals surface area (Å²) < 4.78 is 4.56. The minimum absolute atomic E-state index is 0.0622. The van der Waals surface area contributed by atoms with Gasteiger partial charge in [0.25, 0.3) is 0 Å². The van der Waals surface area contributed by atoms with Crippen molar-refractivity contribution in [3.63, 3.8) is 0 Å². The third kappa shape index (κ3) is 3.09. The van der Waals surface area contributed by atoms with Gasteiger partial charge in [-0.3, -0.25) is 0 Å². The third-order valence-corrected chi connectivity index (χ3v) is 2.57. The van der Waals surface area contributed by atoms with Crippen LogP contribution < -0.4 is 0 Å². The summed E-state index contributed by atoms with van der Waals surface area (Å²) >= 11 is 5.74. The number of aliphatic hydroxyl groups excluding tert-OH is 2.